The van der Waals surface area contributed by atoms with E-state index >= 15 is 0 Å². The van der Waals surface area contributed by atoms with Gasteiger partial charge in [-0.05, 0) is 31.5 Å². The van der Waals surface area contributed by atoms with Crippen molar-refractivity contribution in [3.63, 3.8) is 0 Å². The molecule has 6 nitrogen and oxygen atoms in total. The average Bonchev–Trinajstić information content (AvgIpc) is 2.66. The summed E-state index contributed by atoms with van der Waals surface area (Å²) in [4.78, 5) is 20.3. The zero-order chi connectivity index (χ0) is 18.7. The van der Waals surface area contributed by atoms with Gasteiger partial charge in [-0.1, -0.05) is 29.3 Å². The summed E-state index contributed by atoms with van der Waals surface area (Å²) in [6.45, 7) is 7.36. The minimum absolute atomic E-state index is 0.0174. The Kier molecular flexibility index (Phi) is 6.45. The van der Waals surface area contributed by atoms with Crippen molar-refractivity contribution in [1.82, 2.24) is 19.8 Å². The Morgan fingerprint density at radius 3 is 2.92 bits per heavy atom. The number of halogens is 1. The number of rotatable bonds is 6. The fourth-order valence-corrected chi connectivity index (χ4v) is 4.14. The second kappa shape index (κ2) is 8.61. The molecule has 142 valence electrons. The number of nitrogens with zero attached hydrogens (tertiary/aromatic N) is 3. The molecule has 0 amide bonds. The van der Waals surface area contributed by atoms with E-state index in [-0.39, 0.29) is 24.2 Å². The molecule has 7 heteroatoms. The van der Waals surface area contributed by atoms with Crippen LogP contribution in [0.2, 0.25) is 0 Å². The molecule has 0 unspecified atom stereocenters. The quantitative estimate of drug-likeness (QED) is 0.746. The molecule has 1 aliphatic rings. The number of fused-ring (bicyclic) bond motifs is 1. The van der Waals surface area contributed by atoms with Crippen molar-refractivity contribution in [2.24, 2.45) is 0 Å². The molecule has 0 aliphatic carbocycles. The molecule has 2 aromatic rings. The smallest absolute Gasteiger partial charge is 0.261 e. The van der Waals surface area contributed by atoms with Gasteiger partial charge in [0.25, 0.3) is 5.56 Å². The van der Waals surface area contributed by atoms with E-state index < -0.39 is 0 Å². The first kappa shape index (κ1) is 19.5. The molecular weight excluding hydrogens is 396 g/mol. The second-order valence-electron chi connectivity index (χ2n) is 6.81. The molecule has 2 heterocycles. The van der Waals surface area contributed by atoms with E-state index in [0.29, 0.717) is 11.9 Å². The van der Waals surface area contributed by atoms with Gasteiger partial charge in [0.1, 0.15) is 5.82 Å². The van der Waals surface area contributed by atoms with Crippen LogP contribution < -0.4 is 10.9 Å². The van der Waals surface area contributed by atoms with E-state index in [9.17, 15) is 9.90 Å². The standard InChI is InChI=1S/C19H27BrN4O2/c1-3-5-17(23-9-8-21-14(11-23)12-25)18-22-16-7-6-13(20)10-15(16)19(26)24(18)4-2/h6-7,10,14,17,21,25H,3-5,8-9,11-12H2,1-2H3/t14-,17-/m0/s1. The summed E-state index contributed by atoms with van der Waals surface area (Å²) in [6.07, 6.45) is 1.95. The second-order valence-corrected chi connectivity index (χ2v) is 7.73. The van der Waals surface area contributed by atoms with Gasteiger partial charge in [0.05, 0.1) is 23.6 Å². The lowest BCUT2D eigenvalue weighted by Crippen LogP contribution is -2.53. The maximum atomic E-state index is 13.1. The lowest BCUT2D eigenvalue weighted by atomic mass is 10.1. The van der Waals surface area contributed by atoms with E-state index in [2.05, 4.69) is 33.1 Å². The number of aromatic nitrogens is 2. The Morgan fingerprint density at radius 2 is 2.23 bits per heavy atom. The Morgan fingerprint density at radius 1 is 1.42 bits per heavy atom. The van der Waals surface area contributed by atoms with Crippen LogP contribution in [0.1, 0.15) is 38.6 Å². The maximum Gasteiger partial charge on any atom is 0.261 e. The molecule has 3 rings (SSSR count). The van der Waals surface area contributed by atoms with E-state index in [4.69, 9.17) is 4.98 Å². The molecular formula is C19H27BrN4O2. The van der Waals surface area contributed by atoms with Crippen LogP contribution in [0.15, 0.2) is 27.5 Å². The number of hydrogen-bond acceptors (Lipinski definition) is 5. The highest BCUT2D eigenvalue weighted by Crippen LogP contribution is 2.27. The Hall–Kier alpha value is -1.28. The van der Waals surface area contributed by atoms with Crippen LogP contribution in [-0.2, 0) is 6.54 Å². The van der Waals surface area contributed by atoms with Crippen molar-refractivity contribution >= 4 is 26.8 Å². The summed E-state index contributed by atoms with van der Waals surface area (Å²) in [5, 5.41) is 13.5. The minimum Gasteiger partial charge on any atom is -0.395 e. The lowest BCUT2D eigenvalue weighted by Gasteiger charge is -2.38. The van der Waals surface area contributed by atoms with Crippen LogP contribution in [0.25, 0.3) is 10.9 Å². The van der Waals surface area contributed by atoms with Crippen LogP contribution in [0.4, 0.5) is 0 Å². The maximum absolute atomic E-state index is 13.1. The van der Waals surface area contributed by atoms with Crippen molar-refractivity contribution in [3.8, 4) is 0 Å². The number of nitrogens with one attached hydrogen (secondary N) is 1. The van der Waals surface area contributed by atoms with Gasteiger partial charge in [0.15, 0.2) is 0 Å². The van der Waals surface area contributed by atoms with E-state index in [1.807, 2.05) is 29.7 Å². The number of hydrogen-bond donors (Lipinski definition) is 2. The van der Waals surface area contributed by atoms with Gasteiger partial charge in [-0.25, -0.2) is 4.98 Å². The highest BCUT2D eigenvalue weighted by atomic mass is 79.9. The summed E-state index contributed by atoms with van der Waals surface area (Å²) in [5.41, 5.74) is 0.761. The largest absolute Gasteiger partial charge is 0.395 e. The van der Waals surface area contributed by atoms with Crippen LogP contribution in [0.3, 0.4) is 0 Å². The summed E-state index contributed by atoms with van der Waals surface area (Å²) < 4.78 is 2.70. The average molecular weight is 423 g/mol. The van der Waals surface area contributed by atoms with Crippen LogP contribution in [-0.4, -0.2) is 51.8 Å². The number of piperazine rings is 1. The molecule has 2 N–H and O–H groups in total. The van der Waals surface area contributed by atoms with Crippen molar-refractivity contribution in [3.05, 3.63) is 38.9 Å². The summed E-state index contributed by atoms with van der Waals surface area (Å²) >= 11 is 3.45. The molecule has 0 saturated carbocycles. The summed E-state index contributed by atoms with van der Waals surface area (Å²) in [5.74, 6) is 0.841. The molecule has 1 aromatic carbocycles. The predicted octanol–water partition coefficient (Wildman–Crippen LogP) is 2.29. The molecule has 0 radical (unpaired) electrons. The molecule has 0 spiro atoms. The predicted molar refractivity (Wildman–Crippen MR) is 107 cm³/mol. The Balaban J connectivity index is 2.10. The first-order valence-corrected chi connectivity index (χ1v) is 10.2. The highest BCUT2D eigenvalue weighted by molar-refractivity contribution is 9.10. The third-order valence-electron chi connectivity index (χ3n) is 5.07. The fraction of sp³-hybridized carbons (Fsp3) is 0.579. The number of aliphatic hydroxyl groups is 1. The zero-order valence-electron chi connectivity index (χ0n) is 15.4. The number of aliphatic hydroxyl groups excluding tert-OH is 1. The molecule has 1 fully saturated rings. The molecule has 0 bridgehead atoms. The molecule has 1 saturated heterocycles. The van der Waals surface area contributed by atoms with Gasteiger partial charge in [0.2, 0.25) is 0 Å². The normalized spacial score (nSPS) is 19.8. The highest BCUT2D eigenvalue weighted by Gasteiger charge is 2.29. The van der Waals surface area contributed by atoms with Gasteiger partial charge in [0, 0.05) is 36.7 Å². The Bertz CT molecular complexity index is 823. The minimum atomic E-state index is 0.0174. The van der Waals surface area contributed by atoms with E-state index in [1.165, 1.54) is 0 Å². The van der Waals surface area contributed by atoms with Gasteiger partial charge < -0.3 is 10.4 Å². The third kappa shape index (κ3) is 3.86. The molecule has 1 aromatic heterocycles. The molecule has 26 heavy (non-hydrogen) atoms. The van der Waals surface area contributed by atoms with Gasteiger partial charge >= 0.3 is 0 Å². The van der Waals surface area contributed by atoms with Crippen LogP contribution in [0.5, 0.6) is 0 Å². The Labute approximate surface area is 162 Å². The first-order valence-electron chi connectivity index (χ1n) is 9.37. The van der Waals surface area contributed by atoms with Crippen molar-refractivity contribution < 1.29 is 5.11 Å². The van der Waals surface area contributed by atoms with E-state index in [1.54, 1.807) is 0 Å². The fourth-order valence-electron chi connectivity index (χ4n) is 3.78. The number of benzene rings is 1. The van der Waals surface area contributed by atoms with Gasteiger partial charge in [-0.3, -0.25) is 14.3 Å². The monoisotopic (exact) mass is 422 g/mol. The summed E-state index contributed by atoms with van der Waals surface area (Å²) in [7, 11) is 0. The van der Waals surface area contributed by atoms with E-state index in [0.717, 1.165) is 48.3 Å². The molecule has 2 atom stereocenters. The van der Waals surface area contributed by atoms with Gasteiger partial charge in [-0.2, -0.15) is 0 Å². The topological polar surface area (TPSA) is 70.4 Å². The SMILES string of the molecule is CCC[C@@H](c1nc2ccc(Br)cc2c(=O)n1CC)N1CCN[C@H](CO)C1. The third-order valence-corrected chi connectivity index (χ3v) is 5.56. The first-order chi connectivity index (χ1) is 12.6. The van der Waals surface area contributed by atoms with Gasteiger partial charge in [-0.15, -0.1) is 0 Å². The molecule has 1 aliphatic heterocycles. The van der Waals surface area contributed by atoms with Crippen molar-refractivity contribution in [1.29, 1.82) is 0 Å². The summed E-state index contributed by atoms with van der Waals surface area (Å²) in [6, 6.07) is 5.83. The van der Waals surface area contributed by atoms with Crippen LogP contribution >= 0.6 is 15.9 Å². The van der Waals surface area contributed by atoms with Crippen LogP contribution in [0, 0.1) is 0 Å². The lowest BCUT2D eigenvalue weighted by molar-refractivity contribution is 0.101. The van der Waals surface area contributed by atoms with Crippen molar-refractivity contribution in [2.45, 2.75) is 45.3 Å². The van der Waals surface area contributed by atoms with Crippen molar-refractivity contribution in [2.75, 3.05) is 26.2 Å². The zero-order valence-corrected chi connectivity index (χ0v) is 17.0.